The Balaban J connectivity index is 2.50. The quantitative estimate of drug-likeness (QED) is 0.680. The van der Waals surface area contributed by atoms with Gasteiger partial charge in [-0.25, -0.2) is 0 Å². The highest BCUT2D eigenvalue weighted by Crippen LogP contribution is 2.14. The number of carbonyl (C=O) groups excluding carboxylic acids is 1. The summed E-state index contributed by atoms with van der Waals surface area (Å²) in [6.45, 7) is 4.37. The molecule has 1 heterocycles. The molecule has 0 aromatic carbocycles. The van der Waals surface area contributed by atoms with Crippen molar-refractivity contribution in [2.75, 3.05) is 0 Å². The summed E-state index contributed by atoms with van der Waals surface area (Å²) >= 11 is 0. The van der Waals surface area contributed by atoms with Crippen LogP contribution in [0.4, 0.5) is 0 Å². The normalized spacial score (nSPS) is 12.4. The summed E-state index contributed by atoms with van der Waals surface area (Å²) in [6.07, 6.45) is 7.27. The molecule has 0 aliphatic carbocycles. The lowest BCUT2D eigenvalue weighted by atomic mass is 9.97. The Morgan fingerprint density at radius 2 is 2.24 bits per heavy atom. The van der Waals surface area contributed by atoms with Gasteiger partial charge in [-0.1, -0.05) is 39.5 Å². The fraction of sp³-hybridized carbons (Fsp3) is 0.571. The standard InChI is InChI=1S/C14H21NO2/c1-3-4-5-6-11(2)9-13-10-12(14(16)17)7-8-15-13/h7-8,10-11H,3-6,9H2,1-2H3,(H,16,17)/p-1. The molecule has 0 amide bonds. The van der Waals surface area contributed by atoms with Crippen LogP contribution in [-0.4, -0.2) is 11.0 Å². The van der Waals surface area contributed by atoms with Crippen LogP contribution in [0.3, 0.4) is 0 Å². The van der Waals surface area contributed by atoms with E-state index in [1.165, 1.54) is 31.7 Å². The van der Waals surface area contributed by atoms with Gasteiger partial charge in [0.1, 0.15) is 0 Å². The first-order valence-corrected chi connectivity index (χ1v) is 6.29. The molecule has 0 radical (unpaired) electrons. The van der Waals surface area contributed by atoms with Crippen molar-refractivity contribution < 1.29 is 9.90 Å². The first-order valence-electron chi connectivity index (χ1n) is 6.29. The van der Waals surface area contributed by atoms with Crippen LogP contribution in [0.25, 0.3) is 0 Å². The van der Waals surface area contributed by atoms with Crippen LogP contribution >= 0.6 is 0 Å². The van der Waals surface area contributed by atoms with Gasteiger partial charge >= 0.3 is 0 Å². The first kappa shape index (κ1) is 13.7. The number of carboxylic acids is 1. The lowest BCUT2D eigenvalue weighted by molar-refractivity contribution is -0.255. The van der Waals surface area contributed by atoms with E-state index in [1.54, 1.807) is 12.3 Å². The second-order valence-corrected chi connectivity index (χ2v) is 4.63. The van der Waals surface area contributed by atoms with Gasteiger partial charge in [-0.2, -0.15) is 0 Å². The molecule has 0 aliphatic rings. The van der Waals surface area contributed by atoms with Gasteiger partial charge in [0.15, 0.2) is 0 Å². The number of hydrogen-bond donors (Lipinski definition) is 0. The van der Waals surface area contributed by atoms with Crippen molar-refractivity contribution in [3.63, 3.8) is 0 Å². The summed E-state index contributed by atoms with van der Waals surface area (Å²) in [7, 11) is 0. The molecule has 0 saturated carbocycles. The van der Waals surface area contributed by atoms with Gasteiger partial charge in [0.05, 0.1) is 5.97 Å². The minimum Gasteiger partial charge on any atom is -0.545 e. The highest BCUT2D eigenvalue weighted by molar-refractivity contribution is 5.85. The van der Waals surface area contributed by atoms with Crippen molar-refractivity contribution in [3.8, 4) is 0 Å². The highest BCUT2D eigenvalue weighted by atomic mass is 16.4. The highest BCUT2D eigenvalue weighted by Gasteiger charge is 2.05. The summed E-state index contributed by atoms with van der Waals surface area (Å²) in [5.74, 6) is -0.585. The average molecular weight is 234 g/mol. The molecule has 0 saturated heterocycles. The van der Waals surface area contributed by atoms with Gasteiger partial charge in [0.25, 0.3) is 0 Å². The second-order valence-electron chi connectivity index (χ2n) is 4.63. The third kappa shape index (κ3) is 4.98. The van der Waals surface area contributed by atoms with Crippen molar-refractivity contribution in [3.05, 3.63) is 29.6 Å². The molecule has 1 atom stereocenters. The molecule has 0 aliphatic heterocycles. The van der Waals surface area contributed by atoms with Crippen LogP contribution in [-0.2, 0) is 6.42 Å². The van der Waals surface area contributed by atoms with Gasteiger partial charge in [-0.15, -0.1) is 0 Å². The fourth-order valence-electron chi connectivity index (χ4n) is 1.92. The number of rotatable bonds is 7. The van der Waals surface area contributed by atoms with Crippen molar-refractivity contribution in [1.82, 2.24) is 4.98 Å². The Kier molecular flexibility index (Phi) is 5.67. The number of hydrogen-bond acceptors (Lipinski definition) is 3. The molecule has 0 N–H and O–H groups in total. The molecule has 1 unspecified atom stereocenters. The zero-order valence-corrected chi connectivity index (χ0v) is 10.6. The molecule has 17 heavy (non-hydrogen) atoms. The van der Waals surface area contributed by atoms with Crippen LogP contribution in [0.1, 0.15) is 55.6 Å². The molecule has 0 bridgehead atoms. The Bertz CT molecular complexity index is 363. The Morgan fingerprint density at radius 3 is 2.88 bits per heavy atom. The summed E-state index contributed by atoms with van der Waals surface area (Å²) in [5.41, 5.74) is 1.06. The van der Waals surface area contributed by atoms with Gasteiger partial charge in [0.2, 0.25) is 0 Å². The number of nitrogens with zero attached hydrogens (tertiary/aromatic N) is 1. The van der Waals surface area contributed by atoms with E-state index in [0.29, 0.717) is 5.92 Å². The van der Waals surface area contributed by atoms with Crippen LogP contribution in [0, 0.1) is 5.92 Å². The summed E-state index contributed by atoms with van der Waals surface area (Å²) in [6, 6.07) is 3.09. The molecule has 0 fully saturated rings. The molecular weight excluding hydrogens is 214 g/mol. The number of aromatic carboxylic acids is 1. The van der Waals surface area contributed by atoms with Crippen LogP contribution in [0.2, 0.25) is 0 Å². The minimum absolute atomic E-state index is 0.218. The third-order valence-electron chi connectivity index (χ3n) is 2.91. The minimum atomic E-state index is -1.13. The third-order valence-corrected chi connectivity index (χ3v) is 2.91. The topological polar surface area (TPSA) is 53.0 Å². The van der Waals surface area contributed by atoms with Crippen molar-refractivity contribution in [2.24, 2.45) is 5.92 Å². The van der Waals surface area contributed by atoms with Crippen molar-refractivity contribution >= 4 is 5.97 Å². The van der Waals surface area contributed by atoms with Gasteiger partial charge in [-0.05, 0) is 24.5 Å². The van der Waals surface area contributed by atoms with Crippen LogP contribution in [0.15, 0.2) is 18.3 Å². The van der Waals surface area contributed by atoms with E-state index in [1.807, 2.05) is 0 Å². The Hall–Kier alpha value is -1.38. The maximum atomic E-state index is 10.7. The van der Waals surface area contributed by atoms with E-state index in [4.69, 9.17) is 0 Å². The molecular formula is C14H20NO2-. The predicted molar refractivity (Wildman–Crippen MR) is 65.6 cm³/mol. The summed E-state index contributed by atoms with van der Waals surface area (Å²) in [4.78, 5) is 14.9. The first-order chi connectivity index (χ1) is 8.13. The molecule has 3 heteroatoms. The van der Waals surface area contributed by atoms with E-state index in [9.17, 15) is 9.90 Å². The largest absolute Gasteiger partial charge is 0.545 e. The Morgan fingerprint density at radius 1 is 1.47 bits per heavy atom. The summed E-state index contributed by atoms with van der Waals surface area (Å²) in [5, 5.41) is 10.7. The van der Waals surface area contributed by atoms with Gasteiger partial charge < -0.3 is 9.90 Å². The van der Waals surface area contributed by atoms with Crippen molar-refractivity contribution in [2.45, 2.75) is 46.0 Å². The maximum Gasteiger partial charge on any atom is 0.0716 e. The van der Waals surface area contributed by atoms with E-state index in [-0.39, 0.29) is 5.56 Å². The van der Waals surface area contributed by atoms with Crippen LogP contribution in [0.5, 0.6) is 0 Å². The zero-order valence-electron chi connectivity index (χ0n) is 10.6. The Labute approximate surface area is 103 Å². The number of unbranched alkanes of at least 4 members (excludes halogenated alkanes) is 2. The van der Waals surface area contributed by atoms with E-state index in [2.05, 4.69) is 18.8 Å². The van der Waals surface area contributed by atoms with Crippen molar-refractivity contribution in [1.29, 1.82) is 0 Å². The van der Waals surface area contributed by atoms with E-state index >= 15 is 0 Å². The number of aromatic nitrogens is 1. The molecule has 3 nitrogen and oxygen atoms in total. The van der Waals surface area contributed by atoms with Gasteiger partial charge in [0, 0.05) is 17.5 Å². The van der Waals surface area contributed by atoms with Gasteiger partial charge in [-0.3, -0.25) is 4.98 Å². The number of pyridine rings is 1. The summed E-state index contributed by atoms with van der Waals surface area (Å²) < 4.78 is 0. The number of carboxylic acid groups (broad SMARTS) is 1. The molecule has 1 rings (SSSR count). The second kappa shape index (κ2) is 7.05. The predicted octanol–water partition coefficient (Wildman–Crippen LogP) is 2.20. The lowest BCUT2D eigenvalue weighted by Crippen LogP contribution is -2.22. The monoisotopic (exact) mass is 234 g/mol. The number of carbonyl (C=O) groups is 1. The molecule has 1 aromatic heterocycles. The average Bonchev–Trinajstić information content (AvgIpc) is 2.29. The molecule has 94 valence electrons. The van der Waals surface area contributed by atoms with E-state index < -0.39 is 5.97 Å². The smallest absolute Gasteiger partial charge is 0.0716 e. The zero-order chi connectivity index (χ0) is 12.7. The molecule has 1 aromatic rings. The van der Waals surface area contributed by atoms with E-state index in [0.717, 1.165) is 12.1 Å². The lowest BCUT2D eigenvalue weighted by Gasteiger charge is -2.11. The fourth-order valence-corrected chi connectivity index (χ4v) is 1.92. The SMILES string of the molecule is CCCCCC(C)Cc1cc(C(=O)[O-])ccn1. The van der Waals surface area contributed by atoms with Crippen LogP contribution < -0.4 is 5.11 Å². The maximum absolute atomic E-state index is 10.7. The molecule has 0 spiro atoms.